The number of unbranched alkanes of at least 4 members (excludes halogenated alkanes) is 1. The summed E-state index contributed by atoms with van der Waals surface area (Å²) < 4.78 is 0. The number of aromatic carboxylic acids is 1. The van der Waals surface area contributed by atoms with E-state index in [1.807, 2.05) is 0 Å². The summed E-state index contributed by atoms with van der Waals surface area (Å²) >= 11 is 1.29. The molecule has 0 fully saturated rings. The van der Waals surface area contributed by atoms with Gasteiger partial charge in [0, 0.05) is 24.8 Å². The summed E-state index contributed by atoms with van der Waals surface area (Å²) in [5.74, 6) is -1.03. The Kier molecular flexibility index (Phi) is 6.31. The molecule has 0 aliphatic heterocycles. The van der Waals surface area contributed by atoms with E-state index < -0.39 is 5.97 Å². The van der Waals surface area contributed by atoms with Crippen LogP contribution in [0, 0.1) is 0 Å². The van der Waals surface area contributed by atoms with Crippen molar-refractivity contribution in [2.45, 2.75) is 25.7 Å². The largest absolute Gasteiger partial charge is 0.476 e. The van der Waals surface area contributed by atoms with Crippen molar-refractivity contribution in [2.75, 3.05) is 13.1 Å². The van der Waals surface area contributed by atoms with Crippen molar-refractivity contribution in [3.8, 4) is 0 Å². The number of aromatic nitrogens is 1. The summed E-state index contributed by atoms with van der Waals surface area (Å²) in [5.41, 5.74) is 5.39. The zero-order valence-electron chi connectivity index (χ0n) is 10.0. The number of carboxylic acid groups (broad SMARTS) is 1. The molecule has 0 aliphatic rings. The van der Waals surface area contributed by atoms with Crippen LogP contribution in [0.15, 0.2) is 5.38 Å². The first-order valence-electron chi connectivity index (χ1n) is 5.78. The first kappa shape index (κ1) is 14.6. The summed E-state index contributed by atoms with van der Waals surface area (Å²) in [7, 11) is 0. The van der Waals surface area contributed by atoms with E-state index in [0.29, 0.717) is 25.9 Å². The minimum Gasteiger partial charge on any atom is -0.476 e. The topological polar surface area (TPSA) is 105 Å². The fraction of sp³-hybridized carbons (Fsp3) is 0.545. The lowest BCUT2D eigenvalue weighted by Gasteiger charge is -2.03. The highest BCUT2D eigenvalue weighted by molar-refractivity contribution is 7.09. The highest BCUT2D eigenvalue weighted by Crippen LogP contribution is 2.09. The molecule has 1 rings (SSSR count). The molecule has 1 heterocycles. The molecule has 18 heavy (non-hydrogen) atoms. The summed E-state index contributed by atoms with van der Waals surface area (Å²) in [5, 5.41) is 13.7. The molecule has 0 radical (unpaired) electrons. The van der Waals surface area contributed by atoms with E-state index in [9.17, 15) is 9.59 Å². The molecule has 0 saturated carbocycles. The monoisotopic (exact) mass is 271 g/mol. The van der Waals surface area contributed by atoms with Crippen molar-refractivity contribution in [3.63, 3.8) is 0 Å². The fourth-order valence-corrected chi connectivity index (χ4v) is 2.12. The predicted octanol–water partition coefficient (Wildman–Crippen LogP) is 0.629. The third-order valence-corrected chi connectivity index (χ3v) is 3.20. The Morgan fingerprint density at radius 2 is 2.22 bits per heavy atom. The number of rotatable bonds is 8. The molecule has 1 amide bonds. The van der Waals surface area contributed by atoms with Gasteiger partial charge in [-0.1, -0.05) is 0 Å². The minimum atomic E-state index is -1.02. The van der Waals surface area contributed by atoms with Crippen LogP contribution in [0.3, 0.4) is 0 Å². The zero-order chi connectivity index (χ0) is 13.4. The minimum absolute atomic E-state index is 0.00142. The molecule has 0 spiro atoms. The van der Waals surface area contributed by atoms with E-state index in [1.54, 1.807) is 0 Å². The SMILES string of the molecule is NCCCCC(=O)NCCc1nc(C(=O)O)cs1. The molecule has 1 aromatic rings. The fourth-order valence-electron chi connectivity index (χ4n) is 1.35. The summed E-state index contributed by atoms with van der Waals surface area (Å²) in [6, 6.07) is 0. The van der Waals surface area contributed by atoms with Crippen LogP contribution >= 0.6 is 11.3 Å². The Balaban J connectivity index is 2.20. The maximum Gasteiger partial charge on any atom is 0.355 e. The van der Waals surface area contributed by atoms with Crippen molar-refractivity contribution in [3.05, 3.63) is 16.1 Å². The number of thiazole rings is 1. The number of hydrogen-bond donors (Lipinski definition) is 3. The van der Waals surface area contributed by atoms with Gasteiger partial charge in [-0.25, -0.2) is 9.78 Å². The van der Waals surface area contributed by atoms with E-state index in [2.05, 4.69) is 10.3 Å². The van der Waals surface area contributed by atoms with Crippen LogP contribution in [0.5, 0.6) is 0 Å². The molecule has 0 aliphatic carbocycles. The van der Waals surface area contributed by atoms with Crippen molar-refractivity contribution >= 4 is 23.2 Å². The van der Waals surface area contributed by atoms with Gasteiger partial charge in [-0.2, -0.15) is 0 Å². The van der Waals surface area contributed by atoms with Crippen LogP contribution in [0.25, 0.3) is 0 Å². The molecule has 4 N–H and O–H groups in total. The highest BCUT2D eigenvalue weighted by Gasteiger charge is 2.08. The van der Waals surface area contributed by atoms with Gasteiger partial charge in [-0.15, -0.1) is 11.3 Å². The van der Waals surface area contributed by atoms with Crippen LogP contribution in [0.4, 0.5) is 0 Å². The van der Waals surface area contributed by atoms with Crippen LogP contribution in [-0.4, -0.2) is 35.1 Å². The average Bonchev–Trinajstić information content (AvgIpc) is 2.78. The Hall–Kier alpha value is -1.47. The summed E-state index contributed by atoms with van der Waals surface area (Å²) in [6.45, 7) is 1.08. The Morgan fingerprint density at radius 1 is 1.44 bits per heavy atom. The second kappa shape index (κ2) is 7.78. The van der Waals surface area contributed by atoms with E-state index in [-0.39, 0.29) is 11.6 Å². The molecular formula is C11H17N3O3S. The summed E-state index contributed by atoms with van der Waals surface area (Å²) in [6.07, 6.45) is 2.68. The maximum atomic E-state index is 11.4. The molecule has 6 nitrogen and oxygen atoms in total. The second-order valence-electron chi connectivity index (χ2n) is 3.78. The number of carbonyl (C=O) groups excluding carboxylic acids is 1. The van der Waals surface area contributed by atoms with E-state index in [1.165, 1.54) is 16.7 Å². The van der Waals surface area contributed by atoms with Crippen LogP contribution in [-0.2, 0) is 11.2 Å². The van der Waals surface area contributed by atoms with Gasteiger partial charge in [0.1, 0.15) is 0 Å². The lowest BCUT2D eigenvalue weighted by atomic mass is 10.2. The lowest BCUT2D eigenvalue weighted by molar-refractivity contribution is -0.121. The van der Waals surface area contributed by atoms with Gasteiger partial charge < -0.3 is 16.2 Å². The van der Waals surface area contributed by atoms with Gasteiger partial charge in [-0.3, -0.25) is 4.79 Å². The van der Waals surface area contributed by atoms with Gasteiger partial charge in [0.2, 0.25) is 5.91 Å². The standard InChI is InChI=1S/C11H17N3O3S/c12-5-2-1-3-9(15)13-6-4-10-14-8(7-18-10)11(16)17/h7H,1-6,12H2,(H,13,15)(H,16,17). The summed E-state index contributed by atoms with van der Waals surface area (Å²) in [4.78, 5) is 25.9. The number of nitrogens with one attached hydrogen (secondary N) is 1. The van der Waals surface area contributed by atoms with Crippen LogP contribution in [0.1, 0.15) is 34.8 Å². The van der Waals surface area contributed by atoms with Gasteiger partial charge in [-0.05, 0) is 19.4 Å². The van der Waals surface area contributed by atoms with Crippen LogP contribution < -0.4 is 11.1 Å². The smallest absolute Gasteiger partial charge is 0.355 e. The Morgan fingerprint density at radius 3 is 2.83 bits per heavy atom. The molecule has 100 valence electrons. The van der Waals surface area contributed by atoms with E-state index in [4.69, 9.17) is 10.8 Å². The third kappa shape index (κ3) is 5.24. The lowest BCUT2D eigenvalue weighted by Crippen LogP contribution is -2.25. The molecule has 0 aromatic carbocycles. The second-order valence-corrected chi connectivity index (χ2v) is 4.72. The molecule has 0 saturated heterocycles. The Labute approximate surface area is 109 Å². The molecule has 1 aromatic heterocycles. The molecule has 0 bridgehead atoms. The molecular weight excluding hydrogens is 254 g/mol. The molecule has 0 unspecified atom stereocenters. The van der Waals surface area contributed by atoms with Gasteiger partial charge in [0.15, 0.2) is 5.69 Å². The van der Waals surface area contributed by atoms with E-state index >= 15 is 0 Å². The van der Waals surface area contributed by atoms with Crippen molar-refractivity contribution in [2.24, 2.45) is 5.73 Å². The Bertz CT molecular complexity index is 406. The van der Waals surface area contributed by atoms with Gasteiger partial charge in [0.25, 0.3) is 0 Å². The number of nitrogens with zero attached hydrogens (tertiary/aromatic N) is 1. The predicted molar refractivity (Wildman–Crippen MR) is 68.7 cm³/mol. The van der Waals surface area contributed by atoms with Crippen molar-refractivity contribution in [1.82, 2.24) is 10.3 Å². The molecule has 7 heteroatoms. The normalized spacial score (nSPS) is 10.3. The number of carbonyl (C=O) groups is 2. The zero-order valence-corrected chi connectivity index (χ0v) is 10.8. The van der Waals surface area contributed by atoms with Crippen molar-refractivity contribution in [1.29, 1.82) is 0 Å². The van der Waals surface area contributed by atoms with E-state index in [0.717, 1.165) is 17.8 Å². The number of amides is 1. The first-order chi connectivity index (χ1) is 8.63. The van der Waals surface area contributed by atoms with Gasteiger partial charge >= 0.3 is 5.97 Å². The van der Waals surface area contributed by atoms with Gasteiger partial charge in [0.05, 0.1) is 5.01 Å². The average molecular weight is 271 g/mol. The first-order valence-corrected chi connectivity index (χ1v) is 6.66. The van der Waals surface area contributed by atoms with Crippen molar-refractivity contribution < 1.29 is 14.7 Å². The molecule has 0 atom stereocenters. The third-order valence-electron chi connectivity index (χ3n) is 2.29. The van der Waals surface area contributed by atoms with Crippen LogP contribution in [0.2, 0.25) is 0 Å². The maximum absolute atomic E-state index is 11.4. The highest BCUT2D eigenvalue weighted by atomic mass is 32.1. The number of nitrogens with two attached hydrogens (primary N) is 1. The quantitative estimate of drug-likeness (QED) is 0.601. The number of hydrogen-bond acceptors (Lipinski definition) is 5. The number of carboxylic acids is 1.